The Morgan fingerprint density at radius 2 is 1.26 bits per heavy atom. The number of aryl methyl sites for hydroxylation is 1. The lowest BCUT2D eigenvalue weighted by atomic mass is 10.1. The number of amides is 1. The van der Waals surface area contributed by atoms with Gasteiger partial charge >= 0.3 is 5.97 Å². The summed E-state index contributed by atoms with van der Waals surface area (Å²) in [6.07, 6.45) is 1.97. The molecule has 38 heavy (non-hydrogen) atoms. The summed E-state index contributed by atoms with van der Waals surface area (Å²) in [7, 11) is 0. The van der Waals surface area contributed by atoms with Crippen molar-refractivity contribution in [2.45, 2.75) is 31.9 Å². The first-order chi connectivity index (χ1) is 18.6. The molecule has 1 atom stereocenters. The molecule has 0 aliphatic heterocycles. The van der Waals surface area contributed by atoms with Crippen molar-refractivity contribution in [1.29, 1.82) is 0 Å². The van der Waals surface area contributed by atoms with Crippen LogP contribution < -0.4 is 14.8 Å². The maximum absolute atomic E-state index is 12.7. The van der Waals surface area contributed by atoms with E-state index in [9.17, 15) is 14.7 Å². The number of rotatable bonds is 13. The number of benzene rings is 4. The first kappa shape index (κ1) is 26.5. The molecule has 0 aliphatic carbocycles. The van der Waals surface area contributed by atoms with Gasteiger partial charge in [0.2, 0.25) is 0 Å². The number of carbonyl (C=O) groups is 2. The van der Waals surface area contributed by atoms with Gasteiger partial charge in [-0.15, -0.1) is 0 Å². The van der Waals surface area contributed by atoms with E-state index in [1.54, 1.807) is 36.4 Å². The molecule has 0 fully saturated rings. The average Bonchev–Trinajstić information content (AvgIpc) is 2.96. The van der Waals surface area contributed by atoms with Crippen molar-refractivity contribution < 1.29 is 24.2 Å². The van der Waals surface area contributed by atoms with Gasteiger partial charge < -0.3 is 19.9 Å². The predicted octanol–water partition coefficient (Wildman–Crippen LogP) is 5.70. The van der Waals surface area contributed by atoms with Crippen molar-refractivity contribution in [3.63, 3.8) is 0 Å². The summed E-state index contributed by atoms with van der Waals surface area (Å²) in [4.78, 5) is 24.6. The third kappa shape index (κ3) is 8.23. The SMILES string of the molecule is O=C(N[C@@H](Cc1ccc(OCc2ccccc2)cc1)C(=O)O)c1ccc(OCCCc2ccccc2)cc1. The van der Waals surface area contributed by atoms with Crippen LogP contribution in [0.25, 0.3) is 0 Å². The molecule has 0 spiro atoms. The normalized spacial score (nSPS) is 11.4. The van der Waals surface area contributed by atoms with Gasteiger partial charge in [-0.1, -0.05) is 72.8 Å². The molecule has 6 nitrogen and oxygen atoms in total. The molecule has 6 heteroatoms. The number of carboxylic acids is 1. The Kier molecular flexibility index (Phi) is 9.51. The molecule has 0 saturated heterocycles. The van der Waals surface area contributed by atoms with Crippen molar-refractivity contribution in [2.24, 2.45) is 0 Å². The third-order valence-corrected chi connectivity index (χ3v) is 6.05. The Bertz CT molecular complexity index is 1290. The third-order valence-electron chi connectivity index (χ3n) is 6.05. The standard InChI is InChI=1S/C32H31NO5/c34-31(27-15-19-28(20-16-27)37-21-7-12-24-8-3-1-4-9-24)33-30(32(35)36)22-25-13-17-29(18-14-25)38-23-26-10-5-2-6-11-26/h1-6,8-11,13-20,30H,7,12,21-23H2,(H,33,34)(H,35,36)/t30-/m0/s1. The van der Waals surface area contributed by atoms with Gasteiger partial charge in [-0.25, -0.2) is 4.79 Å². The van der Waals surface area contributed by atoms with E-state index in [1.165, 1.54) is 5.56 Å². The van der Waals surface area contributed by atoms with Gasteiger partial charge in [-0.3, -0.25) is 4.79 Å². The van der Waals surface area contributed by atoms with E-state index in [0.717, 1.165) is 24.0 Å². The highest BCUT2D eigenvalue weighted by molar-refractivity contribution is 5.96. The molecule has 2 N–H and O–H groups in total. The molecule has 1 amide bonds. The molecule has 0 radical (unpaired) electrons. The summed E-state index contributed by atoms with van der Waals surface area (Å²) in [6.45, 7) is 1.02. The Morgan fingerprint density at radius 1 is 0.684 bits per heavy atom. The van der Waals surface area contributed by atoms with Gasteiger partial charge in [0.15, 0.2) is 0 Å². The summed E-state index contributed by atoms with van der Waals surface area (Å²) in [5, 5.41) is 12.3. The van der Waals surface area contributed by atoms with E-state index in [2.05, 4.69) is 17.4 Å². The lowest BCUT2D eigenvalue weighted by Crippen LogP contribution is -2.42. The number of hydrogen-bond acceptors (Lipinski definition) is 4. The minimum Gasteiger partial charge on any atom is -0.494 e. The van der Waals surface area contributed by atoms with Crippen molar-refractivity contribution in [3.05, 3.63) is 131 Å². The van der Waals surface area contributed by atoms with Crippen LogP contribution in [0.5, 0.6) is 11.5 Å². The lowest BCUT2D eigenvalue weighted by molar-refractivity contribution is -0.139. The summed E-state index contributed by atoms with van der Waals surface area (Å²) >= 11 is 0. The summed E-state index contributed by atoms with van der Waals surface area (Å²) in [5.41, 5.74) is 3.48. The van der Waals surface area contributed by atoms with E-state index >= 15 is 0 Å². The fraction of sp³-hybridized carbons (Fsp3) is 0.188. The van der Waals surface area contributed by atoms with E-state index in [1.807, 2.05) is 60.7 Å². The molecule has 4 aromatic rings. The Labute approximate surface area is 222 Å². The van der Waals surface area contributed by atoms with Crippen molar-refractivity contribution in [1.82, 2.24) is 5.32 Å². The van der Waals surface area contributed by atoms with Crippen LogP contribution in [0, 0.1) is 0 Å². The van der Waals surface area contributed by atoms with Crippen LogP contribution in [0.1, 0.15) is 33.5 Å². The fourth-order valence-electron chi connectivity index (χ4n) is 3.95. The van der Waals surface area contributed by atoms with E-state index in [4.69, 9.17) is 9.47 Å². The number of hydrogen-bond donors (Lipinski definition) is 2. The first-order valence-corrected chi connectivity index (χ1v) is 12.6. The highest BCUT2D eigenvalue weighted by Gasteiger charge is 2.21. The second-order valence-corrected chi connectivity index (χ2v) is 8.95. The number of ether oxygens (including phenoxy) is 2. The van der Waals surface area contributed by atoms with Gasteiger partial charge in [0, 0.05) is 12.0 Å². The Morgan fingerprint density at radius 3 is 1.89 bits per heavy atom. The molecule has 194 valence electrons. The van der Waals surface area contributed by atoms with Gasteiger partial charge in [0.1, 0.15) is 24.1 Å². The largest absolute Gasteiger partial charge is 0.494 e. The van der Waals surface area contributed by atoms with Crippen LogP contribution in [0.2, 0.25) is 0 Å². The molecule has 4 aromatic carbocycles. The van der Waals surface area contributed by atoms with Crippen LogP contribution in [0.3, 0.4) is 0 Å². The van der Waals surface area contributed by atoms with E-state index in [0.29, 0.717) is 30.3 Å². The van der Waals surface area contributed by atoms with Crippen LogP contribution in [-0.2, 0) is 24.2 Å². The minimum atomic E-state index is -1.10. The molecule has 0 aromatic heterocycles. The van der Waals surface area contributed by atoms with Crippen molar-refractivity contribution >= 4 is 11.9 Å². The Balaban J connectivity index is 1.24. The van der Waals surface area contributed by atoms with Crippen LogP contribution in [0.15, 0.2) is 109 Å². The predicted molar refractivity (Wildman–Crippen MR) is 147 cm³/mol. The zero-order valence-electron chi connectivity index (χ0n) is 21.1. The van der Waals surface area contributed by atoms with Crippen molar-refractivity contribution in [3.8, 4) is 11.5 Å². The van der Waals surface area contributed by atoms with E-state index < -0.39 is 17.9 Å². The second kappa shape index (κ2) is 13.7. The highest BCUT2D eigenvalue weighted by Crippen LogP contribution is 2.17. The topological polar surface area (TPSA) is 84.9 Å². The number of carboxylic acid groups (broad SMARTS) is 1. The second-order valence-electron chi connectivity index (χ2n) is 8.95. The maximum Gasteiger partial charge on any atom is 0.326 e. The molecular weight excluding hydrogens is 478 g/mol. The summed E-state index contributed by atoms with van der Waals surface area (Å²) < 4.78 is 11.6. The number of nitrogens with one attached hydrogen (secondary N) is 1. The zero-order valence-corrected chi connectivity index (χ0v) is 21.1. The zero-order chi connectivity index (χ0) is 26.6. The molecule has 0 aliphatic rings. The lowest BCUT2D eigenvalue weighted by Gasteiger charge is -2.15. The smallest absolute Gasteiger partial charge is 0.326 e. The van der Waals surface area contributed by atoms with Crippen LogP contribution in [-0.4, -0.2) is 29.6 Å². The van der Waals surface area contributed by atoms with Gasteiger partial charge in [-0.05, 0) is 65.9 Å². The molecule has 0 heterocycles. The maximum atomic E-state index is 12.7. The number of carbonyl (C=O) groups excluding carboxylic acids is 1. The summed E-state index contributed by atoms with van der Waals surface area (Å²) in [5.74, 6) is -0.188. The first-order valence-electron chi connectivity index (χ1n) is 12.6. The number of aliphatic carboxylic acids is 1. The average molecular weight is 510 g/mol. The quantitative estimate of drug-likeness (QED) is 0.226. The molecule has 0 bridgehead atoms. The Hall–Kier alpha value is -4.58. The monoisotopic (exact) mass is 509 g/mol. The molecule has 0 unspecified atom stereocenters. The summed E-state index contributed by atoms with van der Waals surface area (Å²) in [6, 6.07) is 33.0. The van der Waals surface area contributed by atoms with Gasteiger partial charge in [0.25, 0.3) is 5.91 Å². The van der Waals surface area contributed by atoms with Gasteiger partial charge in [-0.2, -0.15) is 0 Å². The molecule has 0 saturated carbocycles. The minimum absolute atomic E-state index is 0.155. The molecular formula is C32H31NO5. The van der Waals surface area contributed by atoms with Crippen molar-refractivity contribution in [2.75, 3.05) is 6.61 Å². The van der Waals surface area contributed by atoms with Gasteiger partial charge in [0.05, 0.1) is 6.61 Å². The highest BCUT2D eigenvalue weighted by atomic mass is 16.5. The van der Waals surface area contributed by atoms with Crippen LogP contribution >= 0.6 is 0 Å². The fourth-order valence-corrected chi connectivity index (χ4v) is 3.95. The molecule has 4 rings (SSSR count). The van der Waals surface area contributed by atoms with Crippen LogP contribution in [0.4, 0.5) is 0 Å². The van der Waals surface area contributed by atoms with E-state index in [-0.39, 0.29) is 6.42 Å².